The van der Waals surface area contributed by atoms with Gasteiger partial charge in [-0.25, -0.2) is 0 Å². The third-order valence-electron chi connectivity index (χ3n) is 11.7. The number of hydrogen-bond acceptors (Lipinski definition) is 5. The van der Waals surface area contributed by atoms with Crippen LogP contribution in [0.2, 0.25) is 0 Å². The molecule has 0 saturated carbocycles. The van der Waals surface area contributed by atoms with Gasteiger partial charge in [-0.1, -0.05) is 250 Å². The van der Waals surface area contributed by atoms with E-state index < -0.39 is 6.10 Å². The van der Waals surface area contributed by atoms with E-state index in [4.69, 9.17) is 14.2 Å². The van der Waals surface area contributed by atoms with Gasteiger partial charge in [-0.05, 0) is 51.4 Å². The van der Waals surface area contributed by atoms with Crippen LogP contribution in [0.1, 0.15) is 278 Å². The minimum absolute atomic E-state index is 0.0843. The Bertz CT molecular complexity index is 955. The fourth-order valence-corrected chi connectivity index (χ4v) is 7.76. The van der Waals surface area contributed by atoms with Crippen molar-refractivity contribution in [2.75, 3.05) is 19.8 Å². The Kier molecular flexibility index (Phi) is 49.9. The van der Waals surface area contributed by atoms with Gasteiger partial charge in [-0.2, -0.15) is 0 Å². The second kappa shape index (κ2) is 51.5. The molecule has 352 valence electrons. The van der Waals surface area contributed by atoms with Crippen molar-refractivity contribution in [3.8, 4) is 0 Å². The van der Waals surface area contributed by atoms with Gasteiger partial charge in [0.1, 0.15) is 6.61 Å². The molecule has 60 heavy (non-hydrogen) atoms. The summed E-state index contributed by atoms with van der Waals surface area (Å²) in [5.74, 6) is -0.401. The molecular formula is C55H102O5. The maximum Gasteiger partial charge on any atom is 0.306 e. The lowest BCUT2D eigenvalue weighted by Gasteiger charge is -2.18. The van der Waals surface area contributed by atoms with E-state index in [-0.39, 0.29) is 25.2 Å². The summed E-state index contributed by atoms with van der Waals surface area (Å²) >= 11 is 0. The van der Waals surface area contributed by atoms with Crippen molar-refractivity contribution in [2.45, 2.75) is 284 Å². The van der Waals surface area contributed by atoms with E-state index in [0.29, 0.717) is 19.4 Å². The Morgan fingerprint density at radius 1 is 0.383 bits per heavy atom. The quantitative estimate of drug-likeness (QED) is 0.0347. The summed E-state index contributed by atoms with van der Waals surface area (Å²) < 4.78 is 17.4. The molecule has 0 bridgehead atoms. The van der Waals surface area contributed by atoms with Crippen LogP contribution in [0.3, 0.4) is 0 Å². The van der Waals surface area contributed by atoms with Crippen LogP contribution in [0, 0.1) is 0 Å². The van der Waals surface area contributed by atoms with Crippen molar-refractivity contribution in [3.05, 3.63) is 36.5 Å². The number of carbonyl (C=O) groups excluding carboxylic acids is 2. The Hall–Kier alpha value is -1.88. The normalized spacial score (nSPS) is 12.4. The number of rotatable bonds is 49. The van der Waals surface area contributed by atoms with Crippen LogP contribution >= 0.6 is 0 Å². The van der Waals surface area contributed by atoms with Crippen LogP contribution in [0.5, 0.6) is 0 Å². The molecule has 0 fully saturated rings. The largest absolute Gasteiger partial charge is 0.462 e. The lowest BCUT2D eigenvalue weighted by atomic mass is 10.0. The summed E-state index contributed by atoms with van der Waals surface area (Å²) in [5.41, 5.74) is 0. The molecule has 0 aromatic rings. The van der Waals surface area contributed by atoms with Gasteiger partial charge >= 0.3 is 11.9 Å². The fourth-order valence-electron chi connectivity index (χ4n) is 7.76. The van der Waals surface area contributed by atoms with Crippen LogP contribution < -0.4 is 0 Å². The SMILES string of the molecule is CC/C=C\C/C=C\C/C=C\CCCCCCCC(=O)OC(COCCCCCCCCCCCC)COC(=O)CCCCCCCCCCCCCCCCCCCCC. The summed E-state index contributed by atoms with van der Waals surface area (Å²) in [7, 11) is 0. The third-order valence-corrected chi connectivity index (χ3v) is 11.7. The van der Waals surface area contributed by atoms with Gasteiger partial charge in [0, 0.05) is 19.4 Å². The summed E-state index contributed by atoms with van der Waals surface area (Å²) in [4.78, 5) is 25.4. The van der Waals surface area contributed by atoms with Gasteiger partial charge in [0.2, 0.25) is 0 Å². The first kappa shape index (κ1) is 58.1. The Morgan fingerprint density at radius 2 is 0.750 bits per heavy atom. The molecule has 5 nitrogen and oxygen atoms in total. The molecule has 1 atom stereocenters. The number of unbranched alkanes of at least 4 members (excludes halogenated alkanes) is 32. The van der Waals surface area contributed by atoms with Crippen LogP contribution in [-0.2, 0) is 23.8 Å². The molecular weight excluding hydrogens is 741 g/mol. The van der Waals surface area contributed by atoms with Crippen LogP contribution in [0.15, 0.2) is 36.5 Å². The van der Waals surface area contributed by atoms with Crippen molar-refractivity contribution in [3.63, 3.8) is 0 Å². The zero-order chi connectivity index (χ0) is 43.5. The van der Waals surface area contributed by atoms with Gasteiger partial charge in [-0.3, -0.25) is 9.59 Å². The molecule has 0 N–H and O–H groups in total. The van der Waals surface area contributed by atoms with Crippen molar-refractivity contribution >= 4 is 11.9 Å². The van der Waals surface area contributed by atoms with Gasteiger partial charge in [0.15, 0.2) is 6.10 Å². The highest BCUT2D eigenvalue weighted by Crippen LogP contribution is 2.16. The van der Waals surface area contributed by atoms with Gasteiger partial charge in [0.05, 0.1) is 6.61 Å². The van der Waals surface area contributed by atoms with E-state index in [0.717, 1.165) is 64.2 Å². The van der Waals surface area contributed by atoms with E-state index in [1.165, 1.54) is 180 Å². The standard InChI is InChI=1S/C55H102O5/c1-4-7-10-13-16-19-22-24-26-27-28-29-31-32-34-36-39-42-45-48-54(56)59-52-53(51-58-50-47-44-41-38-21-18-15-12-9-6-3)60-55(57)49-46-43-40-37-35-33-30-25-23-20-17-14-11-8-5-2/h8,11,17,20,25,30,53H,4-7,9-10,12-16,18-19,21-24,26-29,31-52H2,1-3H3/b11-8-,20-17-,30-25-. The lowest BCUT2D eigenvalue weighted by Crippen LogP contribution is -2.30. The molecule has 0 saturated heterocycles. The molecule has 0 amide bonds. The summed E-state index contributed by atoms with van der Waals surface area (Å²) in [6.45, 7) is 7.74. The number of hydrogen-bond donors (Lipinski definition) is 0. The van der Waals surface area contributed by atoms with Crippen molar-refractivity contribution in [2.24, 2.45) is 0 Å². The average molecular weight is 843 g/mol. The van der Waals surface area contributed by atoms with Crippen molar-refractivity contribution in [1.29, 1.82) is 0 Å². The third kappa shape index (κ3) is 48.8. The van der Waals surface area contributed by atoms with Gasteiger partial charge in [-0.15, -0.1) is 0 Å². The van der Waals surface area contributed by atoms with Crippen molar-refractivity contribution < 1.29 is 23.8 Å². The lowest BCUT2D eigenvalue weighted by molar-refractivity contribution is -0.163. The minimum atomic E-state index is -0.538. The molecule has 0 aliphatic carbocycles. The first-order valence-electron chi connectivity index (χ1n) is 26.5. The molecule has 0 aliphatic heterocycles. The van der Waals surface area contributed by atoms with Crippen LogP contribution in [0.25, 0.3) is 0 Å². The fraction of sp³-hybridized carbons (Fsp3) is 0.855. The number of carbonyl (C=O) groups is 2. The number of esters is 2. The second-order valence-electron chi connectivity index (χ2n) is 17.8. The molecule has 0 radical (unpaired) electrons. The molecule has 0 spiro atoms. The number of ether oxygens (including phenoxy) is 3. The summed E-state index contributed by atoms with van der Waals surface area (Å²) in [5, 5.41) is 0. The molecule has 0 aromatic carbocycles. The zero-order valence-electron chi connectivity index (χ0n) is 40.5. The van der Waals surface area contributed by atoms with Crippen LogP contribution in [0.4, 0.5) is 0 Å². The first-order valence-corrected chi connectivity index (χ1v) is 26.5. The summed E-state index contributed by atoms with van der Waals surface area (Å²) in [6, 6.07) is 0. The van der Waals surface area contributed by atoms with Gasteiger partial charge < -0.3 is 14.2 Å². The molecule has 0 aromatic heterocycles. The van der Waals surface area contributed by atoms with E-state index >= 15 is 0 Å². The summed E-state index contributed by atoms with van der Waals surface area (Å²) in [6.07, 6.45) is 61.6. The Balaban J connectivity index is 4.17. The molecule has 5 heteroatoms. The van der Waals surface area contributed by atoms with Crippen molar-refractivity contribution in [1.82, 2.24) is 0 Å². The topological polar surface area (TPSA) is 61.8 Å². The highest BCUT2D eigenvalue weighted by molar-refractivity contribution is 5.70. The Labute approximate surface area is 374 Å². The molecule has 0 aliphatic rings. The van der Waals surface area contributed by atoms with Gasteiger partial charge in [0.25, 0.3) is 0 Å². The second-order valence-corrected chi connectivity index (χ2v) is 17.8. The van der Waals surface area contributed by atoms with E-state index in [1.54, 1.807) is 0 Å². The maximum atomic E-state index is 12.8. The highest BCUT2D eigenvalue weighted by Gasteiger charge is 2.17. The van der Waals surface area contributed by atoms with E-state index in [1.807, 2.05) is 0 Å². The highest BCUT2D eigenvalue weighted by atomic mass is 16.6. The Morgan fingerprint density at radius 3 is 1.20 bits per heavy atom. The number of allylic oxidation sites excluding steroid dienone is 6. The average Bonchev–Trinajstić information content (AvgIpc) is 3.25. The molecule has 1 unspecified atom stereocenters. The monoisotopic (exact) mass is 843 g/mol. The van der Waals surface area contributed by atoms with E-state index in [2.05, 4.69) is 57.2 Å². The molecule has 0 heterocycles. The van der Waals surface area contributed by atoms with Crippen LogP contribution in [-0.4, -0.2) is 37.9 Å². The predicted octanol–water partition coefficient (Wildman–Crippen LogP) is 17.8. The smallest absolute Gasteiger partial charge is 0.306 e. The molecule has 0 rings (SSSR count). The zero-order valence-corrected chi connectivity index (χ0v) is 40.5. The first-order chi connectivity index (χ1) is 29.6. The predicted molar refractivity (Wildman–Crippen MR) is 261 cm³/mol. The minimum Gasteiger partial charge on any atom is -0.462 e. The maximum absolute atomic E-state index is 12.8. The van der Waals surface area contributed by atoms with E-state index in [9.17, 15) is 9.59 Å².